The predicted molar refractivity (Wildman–Crippen MR) is 167 cm³/mol. The van der Waals surface area contributed by atoms with Gasteiger partial charge in [-0.05, 0) is 56.1 Å². The van der Waals surface area contributed by atoms with Crippen LogP contribution in [0.5, 0.6) is 0 Å². The molecule has 1 aromatic rings. The molecule has 12 nitrogen and oxygen atoms in total. The number of nitrogens with two attached hydrogens (primary N) is 2. The lowest BCUT2D eigenvalue weighted by Crippen LogP contribution is -2.58. The summed E-state index contributed by atoms with van der Waals surface area (Å²) in [7, 11) is 0. The Balaban J connectivity index is 3.16. The van der Waals surface area contributed by atoms with Gasteiger partial charge in [-0.2, -0.15) is 11.8 Å². The zero-order valence-electron chi connectivity index (χ0n) is 25.3. The Morgan fingerprint density at radius 2 is 1.38 bits per heavy atom. The molecule has 0 spiro atoms. The van der Waals surface area contributed by atoms with Crippen LogP contribution in [0.15, 0.2) is 35.3 Å². The molecular weight excluding hydrogens is 558 g/mol. The second-order valence-corrected chi connectivity index (χ2v) is 11.6. The number of rotatable bonds is 19. The highest BCUT2D eigenvalue weighted by Gasteiger charge is 2.31. The fourth-order valence-electron chi connectivity index (χ4n) is 4.21. The number of benzene rings is 1. The molecular formula is C29H47N7O5S. The Bertz CT molecular complexity index is 1060. The molecule has 0 fully saturated rings. The number of amides is 4. The minimum atomic E-state index is -1.02. The Labute approximate surface area is 253 Å². The second-order valence-electron chi connectivity index (χ2n) is 10.6. The molecule has 0 heterocycles. The first-order valence-corrected chi connectivity index (χ1v) is 15.5. The van der Waals surface area contributed by atoms with Gasteiger partial charge in [0.1, 0.15) is 18.1 Å². The maximum absolute atomic E-state index is 13.6. The van der Waals surface area contributed by atoms with E-state index in [1.165, 1.54) is 13.8 Å². The molecule has 0 aliphatic heterocycles. The van der Waals surface area contributed by atoms with Crippen molar-refractivity contribution in [3.05, 3.63) is 35.9 Å². The molecule has 1 rings (SSSR count). The van der Waals surface area contributed by atoms with E-state index in [4.69, 9.17) is 11.5 Å². The van der Waals surface area contributed by atoms with E-state index in [0.29, 0.717) is 38.0 Å². The van der Waals surface area contributed by atoms with Gasteiger partial charge in [-0.1, -0.05) is 44.2 Å². The number of carbonyl (C=O) groups is 5. The number of nitrogens with zero attached hydrogens (tertiary/aromatic N) is 1. The van der Waals surface area contributed by atoms with Crippen LogP contribution in [0.1, 0.15) is 58.9 Å². The van der Waals surface area contributed by atoms with Crippen LogP contribution in [-0.2, 0) is 30.4 Å². The first-order valence-electron chi connectivity index (χ1n) is 14.1. The van der Waals surface area contributed by atoms with Gasteiger partial charge in [0.15, 0.2) is 11.7 Å². The predicted octanol–water partition coefficient (Wildman–Crippen LogP) is 0.630. The monoisotopic (exact) mass is 605 g/mol. The summed E-state index contributed by atoms with van der Waals surface area (Å²) in [5.74, 6) is -1.49. The van der Waals surface area contributed by atoms with Crippen LogP contribution < -0.4 is 32.7 Å². The molecule has 13 heteroatoms. The molecule has 8 N–H and O–H groups in total. The molecule has 4 atom stereocenters. The van der Waals surface area contributed by atoms with Crippen LogP contribution in [0, 0.1) is 5.92 Å². The van der Waals surface area contributed by atoms with Crippen LogP contribution in [0.2, 0.25) is 0 Å². The van der Waals surface area contributed by atoms with Gasteiger partial charge in [0.2, 0.25) is 23.6 Å². The van der Waals surface area contributed by atoms with Crippen molar-refractivity contribution >= 4 is 47.1 Å². The number of carbonyl (C=O) groups excluding carboxylic acids is 5. The van der Waals surface area contributed by atoms with Gasteiger partial charge in [0.25, 0.3) is 0 Å². The first kappa shape index (κ1) is 36.4. The van der Waals surface area contributed by atoms with Gasteiger partial charge in [0, 0.05) is 19.9 Å². The third-order valence-corrected chi connectivity index (χ3v) is 6.96. The highest BCUT2D eigenvalue weighted by Crippen LogP contribution is 2.10. The van der Waals surface area contributed by atoms with Crippen molar-refractivity contribution in [1.82, 2.24) is 21.3 Å². The molecule has 0 aromatic heterocycles. The summed E-state index contributed by atoms with van der Waals surface area (Å²) in [6, 6.07) is 5.61. The topological polar surface area (TPSA) is 198 Å². The standard InChI is InChI=1S/C29H47N7O5S/c1-18(2)16-24(35-26(39)23(13-15-42-5)33-20(4)38)27(40)36-25(17-21-10-7-6-8-11-21)28(41)34-22(19(3)37)12-9-14-32-29(30)31/h6-8,10-11,18,22-25H,9,12-17H2,1-5H3,(H,33,38)(H,34,41)(H,35,39)(H,36,40)(H4,30,31,32). The average Bonchev–Trinajstić information content (AvgIpc) is 2.91. The molecule has 0 aliphatic carbocycles. The van der Waals surface area contributed by atoms with Gasteiger partial charge in [-0.25, -0.2) is 0 Å². The Kier molecular flexibility index (Phi) is 16.9. The summed E-state index contributed by atoms with van der Waals surface area (Å²) in [5.41, 5.74) is 11.5. The second kappa shape index (κ2) is 19.5. The van der Waals surface area contributed by atoms with Crippen molar-refractivity contribution < 1.29 is 24.0 Å². The molecule has 0 aliphatic rings. The minimum Gasteiger partial charge on any atom is -0.370 e. The molecule has 0 bridgehead atoms. The minimum absolute atomic E-state index is 0.0418. The Hall–Kier alpha value is -3.61. The van der Waals surface area contributed by atoms with Crippen molar-refractivity contribution in [2.45, 2.75) is 84.0 Å². The van der Waals surface area contributed by atoms with Crippen LogP contribution in [0.4, 0.5) is 0 Å². The number of guanidine groups is 1. The number of ketones is 1. The van der Waals surface area contributed by atoms with Gasteiger partial charge in [-0.15, -0.1) is 0 Å². The van der Waals surface area contributed by atoms with Gasteiger partial charge >= 0.3 is 0 Å². The molecule has 4 amide bonds. The van der Waals surface area contributed by atoms with Crippen molar-refractivity contribution in [2.24, 2.45) is 22.4 Å². The molecule has 234 valence electrons. The summed E-state index contributed by atoms with van der Waals surface area (Å²) in [6.07, 6.45) is 3.56. The van der Waals surface area contributed by atoms with E-state index in [2.05, 4.69) is 26.3 Å². The van der Waals surface area contributed by atoms with E-state index in [9.17, 15) is 24.0 Å². The summed E-state index contributed by atoms with van der Waals surface area (Å²) >= 11 is 1.54. The van der Waals surface area contributed by atoms with E-state index in [1.54, 1.807) is 11.8 Å². The molecule has 0 saturated carbocycles. The summed E-state index contributed by atoms with van der Waals surface area (Å²) < 4.78 is 0. The van der Waals surface area contributed by atoms with Crippen molar-refractivity contribution in [2.75, 3.05) is 18.6 Å². The lowest BCUT2D eigenvalue weighted by molar-refractivity contribution is -0.134. The van der Waals surface area contributed by atoms with Gasteiger partial charge in [-0.3, -0.25) is 29.0 Å². The van der Waals surface area contributed by atoms with E-state index in [-0.39, 0.29) is 30.0 Å². The third kappa shape index (κ3) is 14.9. The SMILES string of the molecule is CSCCC(NC(C)=O)C(=O)NC(CC(C)C)C(=O)NC(Cc1ccccc1)C(=O)NC(CCCN=C(N)N)C(C)=O. The molecule has 42 heavy (non-hydrogen) atoms. The number of aliphatic imine (C=N–C) groups is 1. The third-order valence-electron chi connectivity index (χ3n) is 6.31. The lowest BCUT2D eigenvalue weighted by atomic mass is 10.00. The van der Waals surface area contributed by atoms with E-state index >= 15 is 0 Å². The molecule has 0 saturated heterocycles. The smallest absolute Gasteiger partial charge is 0.243 e. The van der Waals surface area contributed by atoms with Crippen LogP contribution in [-0.4, -0.2) is 78.1 Å². The fraction of sp³-hybridized carbons (Fsp3) is 0.586. The highest BCUT2D eigenvalue weighted by atomic mass is 32.2. The first-order chi connectivity index (χ1) is 19.8. The van der Waals surface area contributed by atoms with Crippen LogP contribution in [0.3, 0.4) is 0 Å². The summed E-state index contributed by atoms with van der Waals surface area (Å²) in [4.78, 5) is 68.1. The maximum Gasteiger partial charge on any atom is 0.243 e. The number of hydrogen-bond acceptors (Lipinski definition) is 7. The Morgan fingerprint density at radius 1 is 0.810 bits per heavy atom. The quantitative estimate of drug-likeness (QED) is 0.0749. The largest absolute Gasteiger partial charge is 0.370 e. The lowest BCUT2D eigenvalue weighted by Gasteiger charge is -2.27. The number of nitrogens with one attached hydrogen (secondary N) is 4. The van der Waals surface area contributed by atoms with Crippen LogP contribution >= 0.6 is 11.8 Å². The van der Waals surface area contributed by atoms with Crippen molar-refractivity contribution in [3.8, 4) is 0 Å². The van der Waals surface area contributed by atoms with E-state index < -0.39 is 41.9 Å². The Morgan fingerprint density at radius 3 is 1.93 bits per heavy atom. The van der Waals surface area contributed by atoms with Crippen molar-refractivity contribution in [1.29, 1.82) is 0 Å². The number of hydrogen-bond donors (Lipinski definition) is 6. The van der Waals surface area contributed by atoms with E-state index in [1.807, 2.05) is 50.4 Å². The van der Waals surface area contributed by atoms with Gasteiger partial charge < -0.3 is 32.7 Å². The zero-order valence-corrected chi connectivity index (χ0v) is 26.1. The number of Topliss-reactive ketones (excluding diaryl/α,β-unsaturated/α-hetero) is 1. The molecule has 0 radical (unpaired) electrons. The highest BCUT2D eigenvalue weighted by molar-refractivity contribution is 7.98. The zero-order chi connectivity index (χ0) is 31.7. The summed E-state index contributed by atoms with van der Waals surface area (Å²) in [5, 5.41) is 11.0. The number of thioether (sulfide) groups is 1. The van der Waals surface area contributed by atoms with Gasteiger partial charge in [0.05, 0.1) is 6.04 Å². The van der Waals surface area contributed by atoms with Crippen molar-refractivity contribution in [3.63, 3.8) is 0 Å². The molecule has 1 aromatic carbocycles. The molecule has 4 unspecified atom stereocenters. The fourth-order valence-corrected chi connectivity index (χ4v) is 4.68. The normalized spacial score (nSPS) is 13.7. The average molecular weight is 606 g/mol. The van der Waals surface area contributed by atoms with E-state index in [0.717, 1.165) is 5.56 Å². The summed E-state index contributed by atoms with van der Waals surface area (Å²) in [6.45, 7) is 6.85. The van der Waals surface area contributed by atoms with Crippen LogP contribution in [0.25, 0.3) is 0 Å². The maximum atomic E-state index is 13.6.